The van der Waals surface area contributed by atoms with Crippen LogP contribution in [0.25, 0.3) is 0 Å². The maximum absolute atomic E-state index is 11.4. The fourth-order valence-corrected chi connectivity index (χ4v) is 1.56. The molecule has 0 spiro atoms. The van der Waals surface area contributed by atoms with Gasteiger partial charge in [-0.15, -0.1) is 0 Å². The largest absolute Gasteiger partial charge is 0.493 e. The van der Waals surface area contributed by atoms with Crippen LogP contribution in [-0.2, 0) is 0 Å². The molecule has 1 aromatic carbocycles. The van der Waals surface area contributed by atoms with E-state index in [-0.39, 0.29) is 17.2 Å². The normalized spacial score (nSPS) is 9.94. The molecule has 0 fully saturated rings. The lowest BCUT2D eigenvalue weighted by atomic mass is 10.0. The minimum Gasteiger partial charge on any atom is -0.493 e. The lowest BCUT2D eigenvalue weighted by Gasteiger charge is -2.10. The number of Topliss-reactive ketones (excluding diaryl/α,β-unsaturated/α-hetero) is 1. The molecule has 0 unspecified atom stereocenters. The summed E-state index contributed by atoms with van der Waals surface area (Å²) < 4.78 is 5.24. The molecule has 5 nitrogen and oxygen atoms in total. The first kappa shape index (κ1) is 12.2. The van der Waals surface area contributed by atoms with Crippen molar-refractivity contribution in [1.82, 2.24) is 0 Å². The van der Waals surface area contributed by atoms with Gasteiger partial charge in [0.05, 0.1) is 23.2 Å². The third-order valence-electron chi connectivity index (χ3n) is 2.15. The summed E-state index contributed by atoms with van der Waals surface area (Å²) in [5.74, 6) is 0.123. The molecule has 1 rings (SSSR count). The number of ketones is 1. The number of hydrogen-bond acceptors (Lipinski definition) is 4. The number of ether oxygens (including phenoxy) is 1. The molecule has 0 aliphatic heterocycles. The Morgan fingerprint density at radius 3 is 2.56 bits per heavy atom. The molecular weight excluding hydrogens is 210 g/mol. The number of nitro benzene ring substituents is 1. The van der Waals surface area contributed by atoms with Crippen molar-refractivity contribution in [3.63, 3.8) is 0 Å². The van der Waals surface area contributed by atoms with Crippen LogP contribution in [0, 0.1) is 17.0 Å². The number of hydrogen-bond donors (Lipinski definition) is 0. The Hall–Kier alpha value is -1.91. The zero-order chi connectivity index (χ0) is 12.3. The molecule has 0 bridgehead atoms. The smallest absolute Gasteiger partial charge is 0.273 e. The second kappa shape index (κ2) is 4.74. The van der Waals surface area contributed by atoms with Crippen molar-refractivity contribution in [3.8, 4) is 5.75 Å². The highest BCUT2D eigenvalue weighted by molar-refractivity contribution is 5.98. The van der Waals surface area contributed by atoms with Crippen LogP contribution >= 0.6 is 0 Å². The highest BCUT2D eigenvalue weighted by Crippen LogP contribution is 2.28. The van der Waals surface area contributed by atoms with E-state index in [1.165, 1.54) is 19.1 Å². The first-order valence-electron chi connectivity index (χ1n) is 4.90. The molecule has 0 N–H and O–H groups in total. The van der Waals surface area contributed by atoms with Gasteiger partial charge in [-0.3, -0.25) is 14.9 Å². The van der Waals surface area contributed by atoms with Gasteiger partial charge in [0, 0.05) is 6.07 Å². The number of nitro groups is 1. The Balaban J connectivity index is 3.38. The second-order valence-electron chi connectivity index (χ2n) is 3.38. The highest BCUT2D eigenvalue weighted by Gasteiger charge is 2.17. The Morgan fingerprint density at radius 2 is 2.12 bits per heavy atom. The van der Waals surface area contributed by atoms with Gasteiger partial charge in [-0.2, -0.15) is 0 Å². The first-order valence-corrected chi connectivity index (χ1v) is 4.90. The van der Waals surface area contributed by atoms with Gasteiger partial charge < -0.3 is 4.74 Å². The topological polar surface area (TPSA) is 69.4 Å². The summed E-state index contributed by atoms with van der Waals surface area (Å²) >= 11 is 0. The number of rotatable bonds is 4. The average molecular weight is 223 g/mol. The summed E-state index contributed by atoms with van der Waals surface area (Å²) in [5, 5.41) is 10.7. The van der Waals surface area contributed by atoms with Crippen molar-refractivity contribution in [1.29, 1.82) is 0 Å². The van der Waals surface area contributed by atoms with Crippen LogP contribution in [0.15, 0.2) is 12.1 Å². The van der Waals surface area contributed by atoms with E-state index in [1.807, 2.05) is 0 Å². The maximum Gasteiger partial charge on any atom is 0.273 e. The van der Waals surface area contributed by atoms with E-state index < -0.39 is 4.92 Å². The van der Waals surface area contributed by atoms with Crippen LogP contribution in [0.2, 0.25) is 0 Å². The lowest BCUT2D eigenvalue weighted by molar-refractivity contribution is -0.385. The first-order chi connectivity index (χ1) is 7.47. The molecule has 5 heteroatoms. The number of carbonyl (C=O) groups excluding carboxylic acids is 1. The molecular formula is C11H13NO4. The summed E-state index contributed by atoms with van der Waals surface area (Å²) in [6.45, 7) is 5.20. The standard InChI is InChI=1S/C11H13NO4/c1-4-16-10-6-9(12(14)15)5-7(2)11(10)8(3)13/h5-6H,4H2,1-3H3. The number of benzene rings is 1. The predicted octanol–water partition coefficient (Wildman–Crippen LogP) is 2.50. The average Bonchev–Trinajstić information content (AvgIpc) is 2.16. The van der Waals surface area contributed by atoms with Gasteiger partial charge in [-0.25, -0.2) is 0 Å². The van der Waals surface area contributed by atoms with E-state index in [0.717, 1.165) is 0 Å². The van der Waals surface area contributed by atoms with E-state index in [9.17, 15) is 14.9 Å². The molecule has 0 aliphatic carbocycles. The van der Waals surface area contributed by atoms with Crippen LogP contribution in [0.5, 0.6) is 5.75 Å². The molecule has 0 radical (unpaired) electrons. The van der Waals surface area contributed by atoms with Gasteiger partial charge in [-0.05, 0) is 26.3 Å². The molecule has 0 aliphatic rings. The van der Waals surface area contributed by atoms with Crippen LogP contribution < -0.4 is 4.74 Å². The van der Waals surface area contributed by atoms with Gasteiger partial charge >= 0.3 is 0 Å². The summed E-state index contributed by atoms with van der Waals surface area (Å²) in [6.07, 6.45) is 0. The van der Waals surface area contributed by atoms with E-state index in [0.29, 0.717) is 17.7 Å². The van der Waals surface area contributed by atoms with Crippen molar-refractivity contribution in [2.45, 2.75) is 20.8 Å². The zero-order valence-corrected chi connectivity index (χ0v) is 9.44. The zero-order valence-electron chi connectivity index (χ0n) is 9.44. The minimum atomic E-state index is -0.501. The van der Waals surface area contributed by atoms with E-state index in [4.69, 9.17) is 4.74 Å². The molecule has 16 heavy (non-hydrogen) atoms. The van der Waals surface area contributed by atoms with Gasteiger partial charge in [-0.1, -0.05) is 0 Å². The summed E-state index contributed by atoms with van der Waals surface area (Å²) in [6, 6.07) is 2.66. The fraction of sp³-hybridized carbons (Fsp3) is 0.364. The van der Waals surface area contributed by atoms with E-state index in [2.05, 4.69) is 0 Å². The van der Waals surface area contributed by atoms with Crippen molar-refractivity contribution in [2.75, 3.05) is 6.61 Å². The molecule has 0 heterocycles. The third-order valence-corrected chi connectivity index (χ3v) is 2.15. The Bertz CT molecular complexity index is 440. The summed E-state index contributed by atoms with van der Waals surface area (Å²) in [4.78, 5) is 21.5. The number of nitrogens with zero attached hydrogens (tertiary/aromatic N) is 1. The highest BCUT2D eigenvalue weighted by atomic mass is 16.6. The van der Waals surface area contributed by atoms with Crippen molar-refractivity contribution in [3.05, 3.63) is 33.4 Å². The Morgan fingerprint density at radius 1 is 1.50 bits per heavy atom. The SMILES string of the molecule is CCOc1cc([N+](=O)[O-])cc(C)c1C(C)=O. The van der Waals surface area contributed by atoms with E-state index >= 15 is 0 Å². The van der Waals surface area contributed by atoms with Crippen LogP contribution in [0.1, 0.15) is 29.8 Å². The molecule has 1 aromatic rings. The number of carbonyl (C=O) groups is 1. The molecule has 0 atom stereocenters. The van der Waals surface area contributed by atoms with Gasteiger partial charge in [0.2, 0.25) is 0 Å². The van der Waals surface area contributed by atoms with Gasteiger partial charge in [0.25, 0.3) is 5.69 Å². The summed E-state index contributed by atoms with van der Waals surface area (Å²) in [7, 11) is 0. The second-order valence-corrected chi connectivity index (χ2v) is 3.38. The monoisotopic (exact) mass is 223 g/mol. The lowest BCUT2D eigenvalue weighted by Crippen LogP contribution is -2.04. The Kier molecular flexibility index (Phi) is 3.60. The van der Waals surface area contributed by atoms with Gasteiger partial charge in [0.1, 0.15) is 5.75 Å². The van der Waals surface area contributed by atoms with E-state index in [1.54, 1.807) is 13.8 Å². The number of aryl methyl sites for hydroxylation is 1. The van der Waals surface area contributed by atoms with Crippen LogP contribution in [0.3, 0.4) is 0 Å². The number of non-ortho nitro benzene ring substituents is 1. The third kappa shape index (κ3) is 2.36. The predicted molar refractivity (Wildman–Crippen MR) is 59.0 cm³/mol. The van der Waals surface area contributed by atoms with Crippen molar-refractivity contribution >= 4 is 11.5 Å². The maximum atomic E-state index is 11.4. The van der Waals surface area contributed by atoms with Gasteiger partial charge in [0.15, 0.2) is 5.78 Å². The minimum absolute atomic E-state index is 0.0639. The molecule has 0 aromatic heterocycles. The quantitative estimate of drug-likeness (QED) is 0.446. The van der Waals surface area contributed by atoms with Crippen molar-refractivity contribution in [2.24, 2.45) is 0 Å². The fourth-order valence-electron chi connectivity index (χ4n) is 1.56. The molecule has 0 saturated heterocycles. The Labute approximate surface area is 93.2 Å². The van der Waals surface area contributed by atoms with Crippen molar-refractivity contribution < 1.29 is 14.5 Å². The molecule has 0 saturated carbocycles. The molecule has 0 amide bonds. The van der Waals surface area contributed by atoms with Crippen LogP contribution in [-0.4, -0.2) is 17.3 Å². The summed E-state index contributed by atoms with van der Waals surface area (Å²) in [5.41, 5.74) is 0.906. The molecule has 86 valence electrons. The van der Waals surface area contributed by atoms with Crippen LogP contribution in [0.4, 0.5) is 5.69 Å².